The zero-order valence-corrected chi connectivity index (χ0v) is 10.0. The molecule has 0 atom stereocenters. The second kappa shape index (κ2) is 4.19. The van der Waals surface area contributed by atoms with E-state index in [1.54, 1.807) is 6.20 Å². The number of nitrogens with zero attached hydrogens (tertiary/aromatic N) is 4. The molecule has 0 unspecified atom stereocenters. The maximum atomic E-state index is 5.67. The van der Waals surface area contributed by atoms with Gasteiger partial charge in [-0.15, -0.1) is 5.10 Å². The molecule has 0 spiro atoms. The van der Waals surface area contributed by atoms with Crippen molar-refractivity contribution in [3.8, 4) is 5.82 Å². The average molecular weight is 239 g/mol. The summed E-state index contributed by atoms with van der Waals surface area (Å²) in [6.07, 6.45) is 3.58. The van der Waals surface area contributed by atoms with Crippen molar-refractivity contribution in [3.63, 3.8) is 0 Å². The number of benzene rings is 1. The summed E-state index contributed by atoms with van der Waals surface area (Å²) in [5, 5.41) is 10.6. The fourth-order valence-electron chi connectivity index (χ4n) is 2.08. The van der Waals surface area contributed by atoms with Crippen LogP contribution in [0.4, 0.5) is 0 Å². The number of rotatable bonds is 2. The third kappa shape index (κ3) is 1.56. The molecule has 1 aromatic carbocycles. The smallest absolute Gasteiger partial charge is 0.168 e. The lowest BCUT2D eigenvalue weighted by atomic mass is 10.1. The fraction of sp³-hybridized carbons (Fsp3) is 0.154. The van der Waals surface area contributed by atoms with Crippen LogP contribution in [0.2, 0.25) is 0 Å². The lowest BCUT2D eigenvalue weighted by Crippen LogP contribution is -2.09. The Morgan fingerprint density at radius 1 is 1.17 bits per heavy atom. The van der Waals surface area contributed by atoms with E-state index in [2.05, 4.69) is 15.2 Å². The first-order valence-electron chi connectivity index (χ1n) is 5.76. The fourth-order valence-corrected chi connectivity index (χ4v) is 2.08. The molecule has 0 radical (unpaired) electrons. The van der Waals surface area contributed by atoms with Gasteiger partial charge in [-0.05, 0) is 6.92 Å². The van der Waals surface area contributed by atoms with Gasteiger partial charge in [0.05, 0.1) is 12.2 Å². The molecular formula is C13H13N5. The molecule has 0 saturated carbocycles. The number of fused-ring (bicyclic) bond motifs is 1. The molecule has 2 N–H and O–H groups in total. The van der Waals surface area contributed by atoms with E-state index >= 15 is 0 Å². The van der Waals surface area contributed by atoms with Gasteiger partial charge < -0.3 is 5.73 Å². The predicted octanol–water partition coefficient (Wildman–Crippen LogP) is 1.58. The van der Waals surface area contributed by atoms with E-state index in [1.165, 1.54) is 0 Å². The van der Waals surface area contributed by atoms with Crippen LogP contribution in [0.5, 0.6) is 0 Å². The number of aromatic nitrogens is 4. The standard InChI is InChI=1S/C13H13N5/c1-9-10-4-2-3-5-11(10)13(17-16-9)18-7-6-15-12(18)8-14/h2-7H,8,14H2,1H3. The van der Waals surface area contributed by atoms with E-state index < -0.39 is 0 Å². The molecule has 3 aromatic rings. The normalized spacial score (nSPS) is 11.0. The van der Waals surface area contributed by atoms with E-state index in [9.17, 15) is 0 Å². The third-order valence-electron chi connectivity index (χ3n) is 2.98. The average Bonchev–Trinajstić information content (AvgIpc) is 2.88. The maximum absolute atomic E-state index is 5.67. The van der Waals surface area contributed by atoms with Crippen molar-refractivity contribution in [1.29, 1.82) is 0 Å². The quantitative estimate of drug-likeness (QED) is 0.737. The van der Waals surface area contributed by atoms with E-state index in [4.69, 9.17) is 5.73 Å². The molecule has 5 heteroatoms. The molecule has 0 saturated heterocycles. The van der Waals surface area contributed by atoms with Gasteiger partial charge in [0.1, 0.15) is 5.82 Å². The van der Waals surface area contributed by atoms with Crippen molar-refractivity contribution in [2.45, 2.75) is 13.5 Å². The highest BCUT2D eigenvalue weighted by Gasteiger charge is 2.10. The highest BCUT2D eigenvalue weighted by molar-refractivity contribution is 5.89. The van der Waals surface area contributed by atoms with Crippen molar-refractivity contribution in [1.82, 2.24) is 19.7 Å². The Morgan fingerprint density at radius 2 is 1.94 bits per heavy atom. The van der Waals surface area contributed by atoms with Gasteiger partial charge in [-0.1, -0.05) is 24.3 Å². The Labute approximate surface area is 104 Å². The van der Waals surface area contributed by atoms with Gasteiger partial charge in [-0.2, -0.15) is 5.10 Å². The minimum absolute atomic E-state index is 0.372. The van der Waals surface area contributed by atoms with E-state index in [-0.39, 0.29) is 0 Å². The van der Waals surface area contributed by atoms with Crippen molar-refractivity contribution in [2.75, 3.05) is 0 Å². The molecule has 0 bridgehead atoms. The largest absolute Gasteiger partial charge is 0.324 e. The van der Waals surface area contributed by atoms with Crippen LogP contribution < -0.4 is 5.73 Å². The number of hydrogen-bond acceptors (Lipinski definition) is 4. The maximum Gasteiger partial charge on any atom is 0.168 e. The number of hydrogen-bond donors (Lipinski definition) is 1. The second-order valence-corrected chi connectivity index (χ2v) is 4.07. The summed E-state index contributed by atoms with van der Waals surface area (Å²) in [5.41, 5.74) is 6.60. The van der Waals surface area contributed by atoms with E-state index in [0.29, 0.717) is 6.54 Å². The van der Waals surface area contributed by atoms with Gasteiger partial charge in [0.25, 0.3) is 0 Å². The van der Waals surface area contributed by atoms with Crippen LogP contribution in [0, 0.1) is 6.92 Å². The molecule has 2 heterocycles. The summed E-state index contributed by atoms with van der Waals surface area (Å²) < 4.78 is 1.88. The minimum Gasteiger partial charge on any atom is -0.324 e. The van der Waals surface area contributed by atoms with Gasteiger partial charge in [0.15, 0.2) is 5.82 Å². The summed E-state index contributed by atoms with van der Waals surface area (Å²) >= 11 is 0. The SMILES string of the molecule is Cc1nnc(-n2ccnc2CN)c2ccccc12. The summed E-state index contributed by atoms with van der Waals surface area (Å²) in [5.74, 6) is 1.55. The lowest BCUT2D eigenvalue weighted by Gasteiger charge is -2.09. The molecule has 5 nitrogen and oxygen atoms in total. The topological polar surface area (TPSA) is 69.6 Å². The van der Waals surface area contributed by atoms with Gasteiger partial charge in [-0.25, -0.2) is 4.98 Å². The molecule has 0 amide bonds. The molecule has 0 aliphatic carbocycles. The molecule has 2 aromatic heterocycles. The van der Waals surface area contributed by atoms with Crippen molar-refractivity contribution in [3.05, 3.63) is 48.2 Å². The molecule has 0 aliphatic rings. The highest BCUT2D eigenvalue weighted by Crippen LogP contribution is 2.22. The van der Waals surface area contributed by atoms with Crippen LogP contribution in [0.25, 0.3) is 16.6 Å². The molecule has 90 valence electrons. The van der Waals surface area contributed by atoms with Gasteiger partial charge in [0.2, 0.25) is 0 Å². The highest BCUT2D eigenvalue weighted by atomic mass is 15.2. The van der Waals surface area contributed by atoms with Crippen molar-refractivity contribution in [2.24, 2.45) is 5.73 Å². The van der Waals surface area contributed by atoms with Crippen LogP contribution in [-0.4, -0.2) is 19.7 Å². The van der Waals surface area contributed by atoms with Crippen molar-refractivity contribution >= 4 is 10.8 Å². The van der Waals surface area contributed by atoms with Crippen LogP contribution in [0.15, 0.2) is 36.7 Å². The first kappa shape index (κ1) is 10.9. The minimum atomic E-state index is 0.372. The summed E-state index contributed by atoms with van der Waals surface area (Å²) in [7, 11) is 0. The summed E-state index contributed by atoms with van der Waals surface area (Å²) in [6.45, 7) is 2.33. The van der Waals surface area contributed by atoms with Gasteiger partial charge in [0, 0.05) is 23.2 Å². The van der Waals surface area contributed by atoms with Crippen LogP contribution >= 0.6 is 0 Å². The zero-order chi connectivity index (χ0) is 12.5. The molecule has 3 rings (SSSR count). The summed E-state index contributed by atoms with van der Waals surface area (Å²) in [6, 6.07) is 8.07. The summed E-state index contributed by atoms with van der Waals surface area (Å²) in [4.78, 5) is 4.21. The molecular weight excluding hydrogens is 226 g/mol. The van der Waals surface area contributed by atoms with E-state index in [0.717, 1.165) is 28.1 Å². The van der Waals surface area contributed by atoms with Gasteiger partial charge in [-0.3, -0.25) is 4.57 Å². The lowest BCUT2D eigenvalue weighted by molar-refractivity contribution is 0.828. The first-order chi connectivity index (χ1) is 8.81. The zero-order valence-electron chi connectivity index (χ0n) is 10.0. The third-order valence-corrected chi connectivity index (χ3v) is 2.98. The van der Waals surface area contributed by atoms with Crippen LogP contribution in [0.1, 0.15) is 11.5 Å². The molecule has 18 heavy (non-hydrogen) atoms. The Hall–Kier alpha value is -2.27. The van der Waals surface area contributed by atoms with E-state index in [1.807, 2.05) is 42.0 Å². The Morgan fingerprint density at radius 3 is 2.72 bits per heavy atom. The number of imidazole rings is 1. The predicted molar refractivity (Wildman–Crippen MR) is 69.3 cm³/mol. The molecule has 0 fully saturated rings. The van der Waals surface area contributed by atoms with Crippen LogP contribution in [-0.2, 0) is 6.54 Å². The molecule has 0 aliphatic heterocycles. The second-order valence-electron chi connectivity index (χ2n) is 4.07. The Bertz CT molecular complexity index is 701. The Balaban J connectivity index is 2.34. The Kier molecular flexibility index (Phi) is 2.53. The van der Waals surface area contributed by atoms with Gasteiger partial charge >= 0.3 is 0 Å². The van der Waals surface area contributed by atoms with Crippen LogP contribution in [0.3, 0.4) is 0 Å². The number of nitrogens with two attached hydrogens (primary N) is 1. The van der Waals surface area contributed by atoms with Crippen molar-refractivity contribution < 1.29 is 0 Å². The number of aryl methyl sites for hydroxylation is 1. The first-order valence-corrected chi connectivity index (χ1v) is 5.76. The monoisotopic (exact) mass is 239 g/mol.